The van der Waals surface area contributed by atoms with Crippen molar-refractivity contribution in [3.8, 4) is 11.6 Å². The summed E-state index contributed by atoms with van der Waals surface area (Å²) in [6, 6.07) is 11.1. The number of aryl methyl sites for hydroxylation is 1. The number of hydrogen-bond acceptors (Lipinski definition) is 4. The normalized spacial score (nSPS) is 9.89. The van der Waals surface area contributed by atoms with Gasteiger partial charge in [-0.05, 0) is 25.1 Å². The van der Waals surface area contributed by atoms with Crippen molar-refractivity contribution in [2.75, 3.05) is 7.11 Å². The number of esters is 1. The average Bonchev–Trinajstić information content (AvgIpc) is 2.41. The summed E-state index contributed by atoms with van der Waals surface area (Å²) in [5.41, 5.74) is 1.19. The van der Waals surface area contributed by atoms with E-state index >= 15 is 0 Å². The molecule has 18 heavy (non-hydrogen) atoms. The molecule has 0 aliphatic rings. The lowest BCUT2D eigenvalue weighted by atomic mass is 10.2. The van der Waals surface area contributed by atoms with Crippen LogP contribution in [-0.4, -0.2) is 18.1 Å². The largest absolute Gasteiger partial charge is 0.465 e. The van der Waals surface area contributed by atoms with Crippen LogP contribution in [0.4, 0.5) is 0 Å². The highest BCUT2D eigenvalue weighted by atomic mass is 16.5. The Morgan fingerprint density at radius 2 is 1.94 bits per heavy atom. The standard InChI is InChI=1S/C14H13NO3/c1-10-8-11(14(16)17-2)9-15-13(10)18-12-6-4-3-5-7-12/h3-9H,1-2H3. The van der Waals surface area contributed by atoms with Gasteiger partial charge < -0.3 is 9.47 Å². The molecule has 0 bridgehead atoms. The number of ether oxygens (including phenoxy) is 2. The molecule has 0 saturated carbocycles. The fraction of sp³-hybridized carbons (Fsp3) is 0.143. The number of rotatable bonds is 3. The maximum Gasteiger partial charge on any atom is 0.339 e. The molecular formula is C14H13NO3. The van der Waals surface area contributed by atoms with Gasteiger partial charge in [-0.3, -0.25) is 0 Å². The van der Waals surface area contributed by atoms with Gasteiger partial charge in [0.05, 0.1) is 12.7 Å². The van der Waals surface area contributed by atoms with E-state index < -0.39 is 5.97 Å². The van der Waals surface area contributed by atoms with E-state index in [1.807, 2.05) is 37.3 Å². The number of benzene rings is 1. The Morgan fingerprint density at radius 1 is 1.22 bits per heavy atom. The SMILES string of the molecule is COC(=O)c1cnc(Oc2ccccc2)c(C)c1. The van der Waals surface area contributed by atoms with E-state index in [2.05, 4.69) is 9.72 Å². The van der Waals surface area contributed by atoms with E-state index in [9.17, 15) is 4.79 Å². The predicted octanol–water partition coefficient (Wildman–Crippen LogP) is 2.97. The molecule has 0 spiro atoms. The first-order valence-corrected chi connectivity index (χ1v) is 5.48. The van der Waals surface area contributed by atoms with Crippen molar-refractivity contribution in [2.45, 2.75) is 6.92 Å². The van der Waals surface area contributed by atoms with Gasteiger partial charge >= 0.3 is 5.97 Å². The lowest BCUT2D eigenvalue weighted by molar-refractivity contribution is 0.0600. The quantitative estimate of drug-likeness (QED) is 0.777. The summed E-state index contributed by atoms with van der Waals surface area (Å²) in [5.74, 6) is 0.782. The smallest absolute Gasteiger partial charge is 0.339 e. The van der Waals surface area contributed by atoms with Crippen molar-refractivity contribution < 1.29 is 14.3 Å². The Hall–Kier alpha value is -2.36. The Balaban J connectivity index is 2.23. The zero-order chi connectivity index (χ0) is 13.0. The molecule has 0 radical (unpaired) electrons. The Bertz CT molecular complexity index is 552. The second kappa shape index (κ2) is 5.31. The minimum atomic E-state index is -0.406. The molecule has 0 aliphatic carbocycles. The molecule has 0 unspecified atom stereocenters. The zero-order valence-electron chi connectivity index (χ0n) is 10.2. The number of carbonyl (C=O) groups is 1. The third kappa shape index (κ3) is 2.66. The summed E-state index contributed by atoms with van der Waals surface area (Å²) in [7, 11) is 1.34. The van der Waals surface area contributed by atoms with Crippen LogP contribution in [0.2, 0.25) is 0 Å². The minimum absolute atomic E-state index is 0.406. The summed E-state index contributed by atoms with van der Waals surface area (Å²) in [6.07, 6.45) is 1.44. The second-order valence-electron chi connectivity index (χ2n) is 3.75. The number of aromatic nitrogens is 1. The van der Waals surface area contributed by atoms with Gasteiger partial charge in [-0.25, -0.2) is 9.78 Å². The number of carbonyl (C=O) groups excluding carboxylic acids is 1. The number of nitrogens with zero attached hydrogens (tertiary/aromatic N) is 1. The van der Waals surface area contributed by atoms with Crippen molar-refractivity contribution in [1.29, 1.82) is 0 Å². The van der Waals surface area contributed by atoms with Crippen LogP contribution in [-0.2, 0) is 4.74 Å². The summed E-state index contributed by atoms with van der Waals surface area (Å²) in [5, 5.41) is 0. The fourth-order valence-corrected chi connectivity index (χ4v) is 1.50. The molecule has 4 heteroatoms. The molecule has 2 rings (SSSR count). The summed E-state index contributed by atoms with van der Waals surface area (Å²) in [6.45, 7) is 1.83. The van der Waals surface area contributed by atoms with Crippen LogP contribution in [0.3, 0.4) is 0 Å². The molecule has 2 aromatic rings. The van der Waals surface area contributed by atoms with Gasteiger partial charge in [0.25, 0.3) is 0 Å². The third-order valence-electron chi connectivity index (χ3n) is 2.41. The first kappa shape index (κ1) is 12.1. The zero-order valence-corrected chi connectivity index (χ0v) is 10.2. The Kier molecular flexibility index (Phi) is 3.57. The third-order valence-corrected chi connectivity index (χ3v) is 2.41. The lowest BCUT2D eigenvalue weighted by Crippen LogP contribution is -2.03. The summed E-state index contributed by atoms with van der Waals surface area (Å²) >= 11 is 0. The second-order valence-corrected chi connectivity index (χ2v) is 3.75. The van der Waals surface area contributed by atoms with Crippen LogP contribution in [0.1, 0.15) is 15.9 Å². The van der Waals surface area contributed by atoms with Gasteiger partial charge in [-0.2, -0.15) is 0 Å². The van der Waals surface area contributed by atoms with Crippen LogP contribution in [0.25, 0.3) is 0 Å². The van der Waals surface area contributed by atoms with Gasteiger partial charge in [-0.15, -0.1) is 0 Å². The maximum atomic E-state index is 11.3. The maximum absolute atomic E-state index is 11.3. The minimum Gasteiger partial charge on any atom is -0.465 e. The molecular weight excluding hydrogens is 230 g/mol. The van der Waals surface area contributed by atoms with Crippen LogP contribution in [0, 0.1) is 6.92 Å². The van der Waals surface area contributed by atoms with Crippen LogP contribution < -0.4 is 4.74 Å². The van der Waals surface area contributed by atoms with Gasteiger partial charge in [0.2, 0.25) is 5.88 Å². The van der Waals surface area contributed by atoms with E-state index in [0.717, 1.165) is 5.56 Å². The summed E-state index contributed by atoms with van der Waals surface area (Å²) in [4.78, 5) is 15.5. The van der Waals surface area contributed by atoms with E-state index in [0.29, 0.717) is 17.2 Å². The Labute approximate surface area is 105 Å². The van der Waals surface area contributed by atoms with E-state index in [-0.39, 0.29) is 0 Å². The molecule has 4 nitrogen and oxygen atoms in total. The molecule has 0 atom stereocenters. The van der Waals surface area contributed by atoms with Gasteiger partial charge in [0, 0.05) is 11.8 Å². The van der Waals surface area contributed by atoms with E-state index in [1.165, 1.54) is 13.3 Å². The van der Waals surface area contributed by atoms with Crippen LogP contribution in [0.15, 0.2) is 42.6 Å². The molecule has 92 valence electrons. The molecule has 0 fully saturated rings. The summed E-state index contributed by atoms with van der Waals surface area (Å²) < 4.78 is 10.2. The first-order chi connectivity index (χ1) is 8.70. The van der Waals surface area contributed by atoms with Crippen LogP contribution >= 0.6 is 0 Å². The molecule has 1 heterocycles. The topological polar surface area (TPSA) is 48.4 Å². The van der Waals surface area contributed by atoms with Gasteiger partial charge in [0.15, 0.2) is 0 Å². The highest BCUT2D eigenvalue weighted by Gasteiger charge is 2.09. The molecule has 0 amide bonds. The van der Waals surface area contributed by atoms with Gasteiger partial charge in [0.1, 0.15) is 5.75 Å². The highest BCUT2D eigenvalue weighted by molar-refractivity contribution is 5.89. The molecule has 1 aromatic carbocycles. The number of para-hydroxylation sites is 1. The number of hydrogen-bond donors (Lipinski definition) is 0. The molecule has 0 aliphatic heterocycles. The first-order valence-electron chi connectivity index (χ1n) is 5.48. The van der Waals surface area contributed by atoms with Crippen molar-refractivity contribution in [3.63, 3.8) is 0 Å². The average molecular weight is 243 g/mol. The number of methoxy groups -OCH3 is 1. The Morgan fingerprint density at radius 3 is 2.56 bits per heavy atom. The monoisotopic (exact) mass is 243 g/mol. The fourth-order valence-electron chi connectivity index (χ4n) is 1.50. The van der Waals surface area contributed by atoms with Gasteiger partial charge in [-0.1, -0.05) is 18.2 Å². The van der Waals surface area contributed by atoms with E-state index in [1.54, 1.807) is 6.07 Å². The lowest BCUT2D eigenvalue weighted by Gasteiger charge is -2.08. The number of pyridine rings is 1. The van der Waals surface area contributed by atoms with Crippen molar-refractivity contribution >= 4 is 5.97 Å². The molecule has 0 saturated heterocycles. The van der Waals surface area contributed by atoms with Crippen molar-refractivity contribution in [2.24, 2.45) is 0 Å². The van der Waals surface area contributed by atoms with Crippen molar-refractivity contribution in [3.05, 3.63) is 53.7 Å². The van der Waals surface area contributed by atoms with Crippen molar-refractivity contribution in [1.82, 2.24) is 4.98 Å². The van der Waals surface area contributed by atoms with E-state index in [4.69, 9.17) is 4.74 Å². The molecule has 1 aromatic heterocycles. The molecule has 0 N–H and O–H groups in total. The predicted molar refractivity (Wildman–Crippen MR) is 66.8 cm³/mol. The van der Waals surface area contributed by atoms with Crippen LogP contribution in [0.5, 0.6) is 11.6 Å². The highest BCUT2D eigenvalue weighted by Crippen LogP contribution is 2.22.